The summed E-state index contributed by atoms with van der Waals surface area (Å²) >= 11 is 6.06. The van der Waals surface area contributed by atoms with E-state index in [0.29, 0.717) is 17.1 Å². The van der Waals surface area contributed by atoms with Crippen molar-refractivity contribution >= 4 is 39.1 Å². The van der Waals surface area contributed by atoms with Crippen molar-refractivity contribution in [3.8, 4) is 0 Å². The molecule has 0 saturated carbocycles. The molecule has 0 aliphatic heterocycles. The van der Waals surface area contributed by atoms with Gasteiger partial charge < -0.3 is 10.2 Å². The molecule has 0 saturated heterocycles. The maximum Gasteiger partial charge on any atom is 0.264 e. The molecule has 2 amide bonds. The first-order chi connectivity index (χ1) is 19.0. The molecule has 214 valence electrons. The number of hydrogen-bond acceptors (Lipinski definition) is 4. The lowest BCUT2D eigenvalue weighted by Crippen LogP contribution is -2.52. The van der Waals surface area contributed by atoms with Crippen molar-refractivity contribution in [3.05, 3.63) is 94.5 Å². The van der Waals surface area contributed by atoms with E-state index in [1.165, 1.54) is 4.90 Å². The summed E-state index contributed by atoms with van der Waals surface area (Å²) in [4.78, 5) is 28.7. The first kappa shape index (κ1) is 31.2. The van der Waals surface area contributed by atoms with Crippen LogP contribution in [-0.4, -0.2) is 43.8 Å². The molecule has 3 rings (SSSR count). The summed E-state index contributed by atoms with van der Waals surface area (Å²) in [7, 11) is -4.11. The van der Waals surface area contributed by atoms with Crippen molar-refractivity contribution in [2.45, 2.75) is 71.0 Å². The Labute approximate surface area is 243 Å². The lowest BCUT2D eigenvalue weighted by Gasteiger charge is -2.33. The van der Waals surface area contributed by atoms with Gasteiger partial charge in [-0.1, -0.05) is 73.5 Å². The van der Waals surface area contributed by atoms with Gasteiger partial charge in [0.25, 0.3) is 10.0 Å². The first-order valence-corrected chi connectivity index (χ1v) is 15.3. The number of amides is 2. The van der Waals surface area contributed by atoms with E-state index in [4.69, 9.17) is 11.6 Å². The van der Waals surface area contributed by atoms with Gasteiger partial charge >= 0.3 is 0 Å². The molecule has 0 aromatic heterocycles. The second-order valence-corrected chi connectivity index (χ2v) is 12.2. The smallest absolute Gasteiger partial charge is 0.264 e. The van der Waals surface area contributed by atoms with Gasteiger partial charge in [0.1, 0.15) is 12.6 Å². The highest BCUT2D eigenvalue weighted by molar-refractivity contribution is 7.92. The molecule has 0 fully saturated rings. The number of sulfonamides is 1. The van der Waals surface area contributed by atoms with Crippen molar-refractivity contribution in [1.82, 2.24) is 10.2 Å². The molecule has 0 unspecified atom stereocenters. The van der Waals surface area contributed by atoms with Crippen molar-refractivity contribution in [2.24, 2.45) is 0 Å². The highest BCUT2D eigenvalue weighted by Gasteiger charge is 2.33. The molecule has 0 heterocycles. The van der Waals surface area contributed by atoms with Crippen LogP contribution >= 0.6 is 11.6 Å². The standard InChI is InChI=1S/C31H38ClN3O4S/c1-6-23(4)33-31(37)24(5)34(20-25-14-16-27(32)17-15-25)30(36)21-35(29-11-9-8-10-26(29)7-2)40(38,39)28-18-12-22(3)13-19-28/h8-19,23-24H,6-7,20-21H2,1-5H3,(H,33,37)/t23-,24+/m0/s1. The lowest BCUT2D eigenvalue weighted by atomic mass is 10.1. The van der Waals surface area contributed by atoms with Crippen LogP contribution in [0, 0.1) is 6.92 Å². The zero-order valence-corrected chi connectivity index (χ0v) is 25.3. The van der Waals surface area contributed by atoms with Gasteiger partial charge in [-0.3, -0.25) is 13.9 Å². The molecule has 2 atom stereocenters. The molecule has 0 radical (unpaired) electrons. The van der Waals surface area contributed by atoms with Crippen LogP contribution in [0.3, 0.4) is 0 Å². The summed E-state index contributed by atoms with van der Waals surface area (Å²) in [6, 6.07) is 19.8. The van der Waals surface area contributed by atoms with Crippen LogP contribution in [-0.2, 0) is 32.6 Å². The van der Waals surface area contributed by atoms with Crippen LogP contribution < -0.4 is 9.62 Å². The van der Waals surface area contributed by atoms with E-state index in [9.17, 15) is 18.0 Å². The Morgan fingerprint density at radius 3 is 2.15 bits per heavy atom. The number of rotatable bonds is 12. The van der Waals surface area contributed by atoms with Gasteiger partial charge in [0, 0.05) is 17.6 Å². The molecule has 40 heavy (non-hydrogen) atoms. The van der Waals surface area contributed by atoms with Crippen molar-refractivity contribution in [2.75, 3.05) is 10.8 Å². The fourth-order valence-electron chi connectivity index (χ4n) is 4.24. The van der Waals surface area contributed by atoms with Crippen LogP contribution in [0.25, 0.3) is 0 Å². The Morgan fingerprint density at radius 2 is 1.55 bits per heavy atom. The molecule has 9 heteroatoms. The molecule has 0 aliphatic carbocycles. The Hall–Kier alpha value is -3.36. The second kappa shape index (κ2) is 13.8. The summed E-state index contributed by atoms with van der Waals surface area (Å²) in [6.07, 6.45) is 1.31. The Balaban J connectivity index is 2.06. The summed E-state index contributed by atoms with van der Waals surface area (Å²) in [6.45, 7) is 8.97. The molecule has 1 N–H and O–H groups in total. The van der Waals surface area contributed by atoms with E-state index >= 15 is 0 Å². The third-order valence-corrected chi connectivity index (χ3v) is 8.99. The van der Waals surface area contributed by atoms with Crippen LogP contribution in [0.15, 0.2) is 77.7 Å². The number of aryl methyl sites for hydroxylation is 2. The molecule has 7 nitrogen and oxygen atoms in total. The topological polar surface area (TPSA) is 86.8 Å². The van der Waals surface area contributed by atoms with Crippen LogP contribution in [0.2, 0.25) is 5.02 Å². The number of halogens is 1. The molecule has 3 aromatic carbocycles. The van der Waals surface area contributed by atoms with Gasteiger partial charge in [0.05, 0.1) is 10.6 Å². The largest absolute Gasteiger partial charge is 0.352 e. The van der Waals surface area contributed by atoms with E-state index in [0.717, 1.165) is 27.4 Å². The second-order valence-electron chi connectivity index (χ2n) is 9.95. The lowest BCUT2D eigenvalue weighted by molar-refractivity contribution is -0.139. The fraction of sp³-hybridized carbons (Fsp3) is 0.355. The normalized spacial score (nSPS) is 12.8. The van der Waals surface area contributed by atoms with Crippen LogP contribution in [0.4, 0.5) is 5.69 Å². The quantitative estimate of drug-likeness (QED) is 0.295. The van der Waals surface area contributed by atoms with Gasteiger partial charge in [-0.15, -0.1) is 0 Å². The Bertz CT molecular complexity index is 1410. The SMILES string of the molecule is CCc1ccccc1N(CC(=O)N(Cc1ccc(Cl)cc1)[C@H](C)C(=O)N[C@@H](C)CC)S(=O)(=O)c1ccc(C)cc1. The summed E-state index contributed by atoms with van der Waals surface area (Å²) in [5, 5.41) is 3.49. The molecule has 3 aromatic rings. The monoisotopic (exact) mass is 583 g/mol. The highest BCUT2D eigenvalue weighted by atomic mass is 35.5. The van der Waals surface area contributed by atoms with Crippen LogP contribution in [0.5, 0.6) is 0 Å². The summed E-state index contributed by atoms with van der Waals surface area (Å²) < 4.78 is 29.2. The minimum Gasteiger partial charge on any atom is -0.352 e. The van der Waals surface area contributed by atoms with Crippen molar-refractivity contribution in [1.29, 1.82) is 0 Å². The minimum atomic E-state index is -4.11. The van der Waals surface area contributed by atoms with E-state index in [1.807, 2.05) is 39.8 Å². The number of hydrogen-bond donors (Lipinski definition) is 1. The van der Waals surface area contributed by atoms with Gasteiger partial charge in [0.15, 0.2) is 0 Å². The predicted molar refractivity (Wildman–Crippen MR) is 161 cm³/mol. The van der Waals surface area contributed by atoms with Gasteiger partial charge in [-0.05, 0) is 75.1 Å². The zero-order chi connectivity index (χ0) is 29.4. The minimum absolute atomic E-state index is 0.0720. The maximum atomic E-state index is 14.0. The first-order valence-electron chi connectivity index (χ1n) is 13.5. The number of carbonyl (C=O) groups is 2. The van der Waals surface area contributed by atoms with E-state index in [2.05, 4.69) is 5.32 Å². The number of carbonyl (C=O) groups excluding carboxylic acids is 2. The van der Waals surface area contributed by atoms with E-state index < -0.39 is 28.5 Å². The zero-order valence-electron chi connectivity index (χ0n) is 23.7. The molecule has 0 bridgehead atoms. The number of nitrogens with zero attached hydrogens (tertiary/aromatic N) is 2. The molecule has 0 spiro atoms. The molecular weight excluding hydrogens is 546 g/mol. The predicted octanol–water partition coefficient (Wildman–Crippen LogP) is 5.74. The third kappa shape index (κ3) is 7.64. The average Bonchev–Trinajstić information content (AvgIpc) is 2.95. The van der Waals surface area contributed by atoms with Gasteiger partial charge in [-0.2, -0.15) is 0 Å². The third-order valence-electron chi connectivity index (χ3n) is 6.96. The Kier molecular flexibility index (Phi) is 10.8. The number of para-hydroxylation sites is 1. The highest BCUT2D eigenvalue weighted by Crippen LogP contribution is 2.28. The van der Waals surface area contributed by atoms with Gasteiger partial charge in [-0.25, -0.2) is 8.42 Å². The number of benzene rings is 3. The molecular formula is C31H38ClN3O4S. The summed E-state index contributed by atoms with van der Waals surface area (Å²) in [5.41, 5.74) is 2.91. The summed E-state index contributed by atoms with van der Waals surface area (Å²) in [5.74, 6) is -0.804. The van der Waals surface area contributed by atoms with Gasteiger partial charge in [0.2, 0.25) is 11.8 Å². The number of nitrogens with one attached hydrogen (secondary N) is 1. The fourth-order valence-corrected chi connectivity index (χ4v) is 5.82. The molecule has 0 aliphatic rings. The van der Waals surface area contributed by atoms with Crippen molar-refractivity contribution < 1.29 is 18.0 Å². The van der Waals surface area contributed by atoms with E-state index in [-0.39, 0.29) is 23.4 Å². The maximum absolute atomic E-state index is 14.0. The van der Waals surface area contributed by atoms with Crippen LogP contribution in [0.1, 0.15) is 50.8 Å². The Morgan fingerprint density at radius 1 is 0.925 bits per heavy atom. The van der Waals surface area contributed by atoms with Crippen molar-refractivity contribution in [3.63, 3.8) is 0 Å². The number of anilines is 1. The van der Waals surface area contributed by atoms with E-state index in [1.54, 1.807) is 67.6 Å². The average molecular weight is 584 g/mol.